The van der Waals surface area contributed by atoms with Gasteiger partial charge in [0.05, 0.1) is 0 Å². The van der Waals surface area contributed by atoms with Gasteiger partial charge in [0.15, 0.2) is 0 Å². The summed E-state index contributed by atoms with van der Waals surface area (Å²) in [7, 11) is 0. The molecule has 0 saturated heterocycles. The first-order valence-corrected chi connectivity index (χ1v) is 5.68. The van der Waals surface area contributed by atoms with E-state index < -0.39 is 0 Å². The van der Waals surface area contributed by atoms with Crippen molar-refractivity contribution in [3.63, 3.8) is 0 Å². The normalized spacial score (nSPS) is 10.2. The molecule has 0 unspecified atom stereocenters. The molecule has 0 aliphatic carbocycles. The Bertz CT molecular complexity index is 366. The van der Waals surface area contributed by atoms with Crippen LogP contribution in [0.25, 0.3) is 0 Å². The largest absolute Gasteiger partial charge is 0.396 e. The molecule has 1 aromatic carbocycles. The number of benzene rings is 1. The summed E-state index contributed by atoms with van der Waals surface area (Å²) in [5.41, 5.74) is 1.74. The summed E-state index contributed by atoms with van der Waals surface area (Å²) in [5, 5.41) is 12.1. The third kappa shape index (κ3) is 4.21. The fourth-order valence-electron chi connectivity index (χ4n) is 1.38. The van der Waals surface area contributed by atoms with E-state index in [1.807, 2.05) is 13.0 Å². The van der Waals surface area contributed by atoms with Gasteiger partial charge in [0.2, 0.25) is 5.91 Å². The first kappa shape index (κ1) is 13.0. The summed E-state index contributed by atoms with van der Waals surface area (Å²) < 4.78 is 0. The molecule has 2 N–H and O–H groups in total. The number of hydrogen-bond donors (Lipinski definition) is 2. The van der Waals surface area contributed by atoms with Gasteiger partial charge >= 0.3 is 0 Å². The van der Waals surface area contributed by atoms with Crippen LogP contribution in [0.15, 0.2) is 18.2 Å². The number of halogens is 1. The van der Waals surface area contributed by atoms with Crippen molar-refractivity contribution in [1.82, 2.24) is 0 Å². The maximum atomic E-state index is 11.5. The van der Waals surface area contributed by atoms with Gasteiger partial charge in [0.25, 0.3) is 0 Å². The van der Waals surface area contributed by atoms with Crippen LogP contribution >= 0.6 is 11.6 Å². The van der Waals surface area contributed by atoms with Gasteiger partial charge in [-0.3, -0.25) is 4.79 Å². The van der Waals surface area contributed by atoms with Crippen molar-refractivity contribution in [2.45, 2.75) is 26.2 Å². The number of carbonyl (C=O) groups excluding carboxylic acids is 1. The van der Waals surface area contributed by atoms with Gasteiger partial charge in [-0.25, -0.2) is 0 Å². The van der Waals surface area contributed by atoms with E-state index in [1.54, 1.807) is 12.1 Å². The average Bonchev–Trinajstić information content (AvgIpc) is 2.23. The van der Waals surface area contributed by atoms with E-state index in [-0.39, 0.29) is 12.5 Å². The zero-order valence-electron chi connectivity index (χ0n) is 9.29. The van der Waals surface area contributed by atoms with E-state index in [9.17, 15) is 4.79 Å². The zero-order valence-corrected chi connectivity index (χ0v) is 10.0. The van der Waals surface area contributed by atoms with Gasteiger partial charge in [-0.2, -0.15) is 0 Å². The van der Waals surface area contributed by atoms with Gasteiger partial charge in [0.1, 0.15) is 0 Å². The second kappa shape index (κ2) is 6.51. The molecule has 0 radical (unpaired) electrons. The number of aliphatic hydroxyl groups is 1. The standard InChI is InChI=1S/C12H16ClNO2/c1-9-8-10(13)5-6-11(9)14-12(16)4-2-3-7-15/h5-6,8,15H,2-4,7H2,1H3,(H,14,16). The van der Waals surface area contributed by atoms with E-state index >= 15 is 0 Å². The quantitative estimate of drug-likeness (QED) is 0.779. The molecule has 0 spiro atoms. The summed E-state index contributed by atoms with van der Waals surface area (Å²) in [6.45, 7) is 2.03. The van der Waals surface area contributed by atoms with Gasteiger partial charge in [-0.05, 0) is 43.5 Å². The van der Waals surface area contributed by atoms with Gasteiger partial charge in [0, 0.05) is 23.7 Å². The summed E-state index contributed by atoms with van der Waals surface area (Å²) in [6, 6.07) is 5.35. The van der Waals surface area contributed by atoms with Crippen LogP contribution in [0.3, 0.4) is 0 Å². The highest BCUT2D eigenvalue weighted by Crippen LogP contribution is 2.19. The minimum Gasteiger partial charge on any atom is -0.396 e. The molecule has 0 heterocycles. The Labute approximate surface area is 100 Å². The third-order valence-corrected chi connectivity index (χ3v) is 2.51. The van der Waals surface area contributed by atoms with Crippen molar-refractivity contribution in [3.05, 3.63) is 28.8 Å². The fourth-order valence-corrected chi connectivity index (χ4v) is 1.60. The number of aryl methyl sites for hydroxylation is 1. The smallest absolute Gasteiger partial charge is 0.224 e. The number of hydrogen-bond acceptors (Lipinski definition) is 2. The lowest BCUT2D eigenvalue weighted by atomic mass is 10.2. The van der Waals surface area contributed by atoms with Crippen LogP contribution in [0.1, 0.15) is 24.8 Å². The molecule has 0 atom stereocenters. The van der Waals surface area contributed by atoms with Crippen molar-refractivity contribution in [1.29, 1.82) is 0 Å². The minimum absolute atomic E-state index is 0.0288. The van der Waals surface area contributed by atoms with E-state index in [0.29, 0.717) is 24.3 Å². The number of unbranched alkanes of at least 4 members (excludes halogenated alkanes) is 1. The number of rotatable bonds is 5. The van der Waals surface area contributed by atoms with Gasteiger partial charge in [-0.15, -0.1) is 0 Å². The molecular weight excluding hydrogens is 226 g/mol. The third-order valence-electron chi connectivity index (χ3n) is 2.27. The van der Waals surface area contributed by atoms with E-state index in [0.717, 1.165) is 11.3 Å². The molecule has 3 nitrogen and oxygen atoms in total. The topological polar surface area (TPSA) is 49.3 Å². The zero-order chi connectivity index (χ0) is 12.0. The van der Waals surface area contributed by atoms with Gasteiger partial charge < -0.3 is 10.4 Å². The molecule has 0 aliphatic heterocycles. The SMILES string of the molecule is Cc1cc(Cl)ccc1NC(=O)CCCCO. The first-order chi connectivity index (χ1) is 7.63. The lowest BCUT2D eigenvalue weighted by molar-refractivity contribution is -0.116. The average molecular weight is 242 g/mol. The van der Waals surface area contributed by atoms with Crippen LogP contribution in [0.4, 0.5) is 5.69 Å². The van der Waals surface area contributed by atoms with E-state index in [1.165, 1.54) is 0 Å². The number of anilines is 1. The first-order valence-electron chi connectivity index (χ1n) is 5.30. The van der Waals surface area contributed by atoms with Crippen LogP contribution in [0, 0.1) is 6.92 Å². The summed E-state index contributed by atoms with van der Waals surface area (Å²) >= 11 is 5.82. The Kier molecular flexibility index (Phi) is 5.29. The molecule has 0 fully saturated rings. The Morgan fingerprint density at radius 2 is 2.19 bits per heavy atom. The molecule has 1 rings (SSSR count). The molecular formula is C12H16ClNO2. The predicted octanol–water partition coefficient (Wildman–Crippen LogP) is 2.75. The Balaban J connectivity index is 2.49. The second-order valence-electron chi connectivity index (χ2n) is 3.69. The van der Waals surface area contributed by atoms with Crippen LogP contribution in [0.2, 0.25) is 5.02 Å². The number of nitrogens with one attached hydrogen (secondary N) is 1. The van der Waals surface area contributed by atoms with Crippen LogP contribution in [-0.2, 0) is 4.79 Å². The highest BCUT2D eigenvalue weighted by Gasteiger charge is 2.04. The Morgan fingerprint density at radius 1 is 1.44 bits per heavy atom. The maximum Gasteiger partial charge on any atom is 0.224 e. The van der Waals surface area contributed by atoms with Crippen LogP contribution < -0.4 is 5.32 Å². The molecule has 0 aromatic heterocycles. The summed E-state index contributed by atoms with van der Waals surface area (Å²) in [5.74, 6) is -0.0288. The Morgan fingerprint density at radius 3 is 2.81 bits per heavy atom. The molecule has 0 saturated carbocycles. The Hall–Kier alpha value is -1.06. The van der Waals surface area contributed by atoms with Crippen LogP contribution in [0.5, 0.6) is 0 Å². The second-order valence-corrected chi connectivity index (χ2v) is 4.12. The highest BCUT2D eigenvalue weighted by atomic mass is 35.5. The summed E-state index contributed by atoms with van der Waals surface area (Å²) in [6.07, 6.45) is 1.80. The number of amides is 1. The number of carbonyl (C=O) groups is 1. The fraction of sp³-hybridized carbons (Fsp3) is 0.417. The van der Waals surface area contributed by atoms with Gasteiger partial charge in [-0.1, -0.05) is 11.6 Å². The molecule has 0 bridgehead atoms. The van der Waals surface area contributed by atoms with Crippen molar-refractivity contribution >= 4 is 23.2 Å². The summed E-state index contributed by atoms with van der Waals surface area (Å²) in [4.78, 5) is 11.5. The van der Waals surface area contributed by atoms with Crippen molar-refractivity contribution < 1.29 is 9.90 Å². The molecule has 88 valence electrons. The van der Waals surface area contributed by atoms with Crippen molar-refractivity contribution in [3.8, 4) is 0 Å². The van der Waals surface area contributed by atoms with E-state index in [4.69, 9.17) is 16.7 Å². The molecule has 0 aliphatic rings. The van der Waals surface area contributed by atoms with Crippen molar-refractivity contribution in [2.75, 3.05) is 11.9 Å². The minimum atomic E-state index is -0.0288. The molecule has 16 heavy (non-hydrogen) atoms. The van der Waals surface area contributed by atoms with Crippen LogP contribution in [-0.4, -0.2) is 17.6 Å². The monoisotopic (exact) mass is 241 g/mol. The number of aliphatic hydroxyl groups excluding tert-OH is 1. The molecule has 1 amide bonds. The molecule has 1 aromatic rings. The highest BCUT2D eigenvalue weighted by molar-refractivity contribution is 6.30. The molecule has 4 heteroatoms. The van der Waals surface area contributed by atoms with Crippen molar-refractivity contribution in [2.24, 2.45) is 0 Å². The van der Waals surface area contributed by atoms with E-state index in [2.05, 4.69) is 5.32 Å². The predicted molar refractivity (Wildman–Crippen MR) is 65.8 cm³/mol. The maximum absolute atomic E-state index is 11.5. The lowest BCUT2D eigenvalue weighted by Gasteiger charge is -2.08. The lowest BCUT2D eigenvalue weighted by Crippen LogP contribution is -2.12.